The van der Waals surface area contributed by atoms with E-state index in [4.69, 9.17) is 4.74 Å². The molecule has 0 aliphatic carbocycles. The van der Waals surface area contributed by atoms with Gasteiger partial charge in [0, 0.05) is 20.2 Å². The van der Waals surface area contributed by atoms with Crippen molar-refractivity contribution in [3.8, 4) is 0 Å². The molecule has 0 aromatic rings. The number of methoxy groups -OCH3 is 1. The lowest BCUT2D eigenvalue weighted by Gasteiger charge is -2.22. The normalized spacial score (nSPS) is 15.1. The third-order valence-corrected chi connectivity index (χ3v) is 4.85. The molecule has 0 aromatic carbocycles. The Morgan fingerprint density at radius 3 is 2.42 bits per heavy atom. The highest BCUT2D eigenvalue weighted by molar-refractivity contribution is 9.10. The lowest BCUT2D eigenvalue weighted by Crippen LogP contribution is -2.38. The molecule has 0 heterocycles. The average Bonchev–Trinajstić information content (AvgIpc) is 2.03. The largest absolute Gasteiger partial charge is 0.383 e. The smallest absolute Gasteiger partial charge is 0.224 e. The van der Waals surface area contributed by atoms with Gasteiger partial charge in [-0.25, -0.2) is 8.42 Å². The Kier molecular flexibility index (Phi) is 5.31. The minimum atomic E-state index is -3.15. The quantitative estimate of drug-likeness (QED) is 0.681. The monoisotopic (exact) mass is 259 g/mol. The van der Waals surface area contributed by atoms with Gasteiger partial charge in [-0.1, -0.05) is 15.9 Å². The maximum absolute atomic E-state index is 11.2. The van der Waals surface area contributed by atoms with Crippen LogP contribution in [0, 0.1) is 0 Å². The van der Waals surface area contributed by atoms with Crippen LogP contribution < -0.4 is 0 Å². The molecule has 0 aromatic heterocycles. The maximum Gasteiger partial charge on any atom is 0.224 e. The van der Waals surface area contributed by atoms with Gasteiger partial charge in [-0.15, -0.1) is 0 Å². The van der Waals surface area contributed by atoms with E-state index in [1.54, 1.807) is 21.1 Å². The molecule has 6 heteroatoms. The van der Waals surface area contributed by atoms with Gasteiger partial charge in [-0.3, -0.25) is 0 Å². The summed E-state index contributed by atoms with van der Waals surface area (Å²) in [5, 5.41) is 0. The Balaban J connectivity index is 4.28. The number of ether oxygens (including phenoxy) is 1. The SMILES string of the molecule is COCC(C)N(C)S(=O)(=O)CBr. The number of hydrogen-bond donors (Lipinski definition) is 0. The summed E-state index contributed by atoms with van der Waals surface area (Å²) in [7, 11) is -0.0610. The number of likely N-dealkylation sites (N-methyl/N-ethyl adjacent to an activating group) is 1. The van der Waals surface area contributed by atoms with Crippen molar-refractivity contribution in [1.29, 1.82) is 0 Å². The maximum atomic E-state index is 11.2. The minimum absolute atomic E-state index is 0.0510. The zero-order valence-electron chi connectivity index (χ0n) is 7.45. The second kappa shape index (κ2) is 5.16. The molecule has 0 amide bonds. The molecular weight excluding hydrogens is 246 g/mol. The molecule has 0 saturated heterocycles. The van der Waals surface area contributed by atoms with Crippen LogP contribution in [-0.4, -0.2) is 44.2 Å². The molecule has 74 valence electrons. The van der Waals surface area contributed by atoms with Crippen LogP contribution in [0.15, 0.2) is 0 Å². The van der Waals surface area contributed by atoms with Crippen LogP contribution in [-0.2, 0) is 14.8 Å². The number of rotatable bonds is 5. The van der Waals surface area contributed by atoms with Gasteiger partial charge in [0.25, 0.3) is 0 Å². The molecule has 0 rings (SSSR count). The van der Waals surface area contributed by atoms with Gasteiger partial charge in [0.1, 0.15) is 4.66 Å². The van der Waals surface area contributed by atoms with Gasteiger partial charge < -0.3 is 4.74 Å². The lowest BCUT2D eigenvalue weighted by atomic mass is 10.4. The fourth-order valence-corrected chi connectivity index (χ4v) is 2.43. The Labute approximate surface area is 82.1 Å². The van der Waals surface area contributed by atoms with Crippen LogP contribution >= 0.6 is 15.9 Å². The molecule has 0 aliphatic rings. The van der Waals surface area contributed by atoms with E-state index in [0.717, 1.165) is 0 Å². The zero-order chi connectivity index (χ0) is 9.78. The van der Waals surface area contributed by atoms with E-state index in [-0.39, 0.29) is 10.7 Å². The molecule has 4 nitrogen and oxygen atoms in total. The standard InChI is InChI=1S/C6H14BrNO3S/c1-6(4-11-3)8(2)12(9,10)5-7/h6H,4-5H2,1-3H3. The van der Waals surface area contributed by atoms with E-state index in [0.29, 0.717) is 6.61 Å². The molecule has 0 saturated carbocycles. The first-order valence-corrected chi connectivity index (χ1v) is 6.19. The van der Waals surface area contributed by atoms with Crippen LogP contribution in [0.5, 0.6) is 0 Å². The highest BCUT2D eigenvalue weighted by atomic mass is 79.9. The average molecular weight is 260 g/mol. The summed E-state index contributed by atoms with van der Waals surface area (Å²) in [6.07, 6.45) is 0. The Bertz CT molecular complexity index is 217. The van der Waals surface area contributed by atoms with E-state index >= 15 is 0 Å². The molecule has 1 unspecified atom stereocenters. The van der Waals surface area contributed by atoms with Crippen molar-refractivity contribution in [3.05, 3.63) is 0 Å². The van der Waals surface area contributed by atoms with Crippen molar-refractivity contribution in [2.75, 3.05) is 25.4 Å². The second-order valence-electron chi connectivity index (χ2n) is 2.54. The Hall–Kier alpha value is 0.350. The van der Waals surface area contributed by atoms with Gasteiger partial charge in [0.15, 0.2) is 0 Å². The third kappa shape index (κ3) is 3.38. The Morgan fingerprint density at radius 1 is 1.58 bits per heavy atom. The van der Waals surface area contributed by atoms with E-state index in [2.05, 4.69) is 15.9 Å². The van der Waals surface area contributed by atoms with Crippen LogP contribution in [0.2, 0.25) is 0 Å². The van der Waals surface area contributed by atoms with Crippen LogP contribution in [0.4, 0.5) is 0 Å². The summed E-state index contributed by atoms with van der Waals surface area (Å²) in [5.74, 6) is 0. The van der Waals surface area contributed by atoms with Gasteiger partial charge >= 0.3 is 0 Å². The summed E-state index contributed by atoms with van der Waals surface area (Å²) in [4.78, 5) is 0. The molecule has 0 bridgehead atoms. The van der Waals surface area contributed by atoms with Crippen molar-refractivity contribution in [1.82, 2.24) is 4.31 Å². The molecule has 12 heavy (non-hydrogen) atoms. The molecule has 1 atom stereocenters. The number of halogens is 1. The number of alkyl halides is 1. The van der Waals surface area contributed by atoms with Crippen molar-refractivity contribution < 1.29 is 13.2 Å². The lowest BCUT2D eigenvalue weighted by molar-refractivity contribution is 0.149. The summed E-state index contributed by atoms with van der Waals surface area (Å²) < 4.78 is 28.6. The summed E-state index contributed by atoms with van der Waals surface area (Å²) in [5.41, 5.74) is 0. The fraction of sp³-hybridized carbons (Fsp3) is 1.00. The predicted molar refractivity (Wildman–Crippen MR) is 51.8 cm³/mol. The molecule has 0 N–H and O–H groups in total. The first-order valence-electron chi connectivity index (χ1n) is 3.46. The van der Waals surface area contributed by atoms with Crippen molar-refractivity contribution >= 4 is 26.0 Å². The van der Waals surface area contributed by atoms with Gasteiger partial charge in [0.2, 0.25) is 10.0 Å². The summed E-state index contributed by atoms with van der Waals surface area (Å²) in [6, 6.07) is -0.127. The topological polar surface area (TPSA) is 46.6 Å². The molecule has 0 aliphatic heterocycles. The summed E-state index contributed by atoms with van der Waals surface area (Å²) in [6.45, 7) is 2.20. The van der Waals surface area contributed by atoms with Gasteiger partial charge in [0.05, 0.1) is 6.61 Å². The first-order chi connectivity index (χ1) is 5.45. The third-order valence-electron chi connectivity index (χ3n) is 1.61. The minimum Gasteiger partial charge on any atom is -0.383 e. The predicted octanol–water partition coefficient (Wildman–Crippen LogP) is 0.635. The van der Waals surface area contributed by atoms with Crippen LogP contribution in [0.3, 0.4) is 0 Å². The van der Waals surface area contributed by atoms with Crippen molar-refractivity contribution in [2.24, 2.45) is 0 Å². The van der Waals surface area contributed by atoms with E-state index in [1.807, 2.05) is 0 Å². The second-order valence-corrected chi connectivity index (χ2v) is 5.87. The molecule has 0 fully saturated rings. The highest BCUT2D eigenvalue weighted by Gasteiger charge is 2.21. The number of sulfonamides is 1. The molecule has 0 radical (unpaired) electrons. The first kappa shape index (κ1) is 12.3. The van der Waals surface area contributed by atoms with E-state index in [9.17, 15) is 8.42 Å². The Morgan fingerprint density at radius 2 is 2.08 bits per heavy atom. The van der Waals surface area contributed by atoms with Gasteiger partial charge in [-0.05, 0) is 6.92 Å². The highest BCUT2D eigenvalue weighted by Crippen LogP contribution is 2.06. The fourth-order valence-electron chi connectivity index (χ4n) is 0.697. The molecule has 0 spiro atoms. The van der Waals surface area contributed by atoms with Crippen LogP contribution in [0.1, 0.15) is 6.92 Å². The van der Waals surface area contributed by atoms with Gasteiger partial charge in [-0.2, -0.15) is 4.31 Å². The number of nitrogens with zero attached hydrogens (tertiary/aromatic N) is 1. The van der Waals surface area contributed by atoms with E-state index < -0.39 is 10.0 Å². The van der Waals surface area contributed by atoms with Crippen molar-refractivity contribution in [2.45, 2.75) is 13.0 Å². The van der Waals surface area contributed by atoms with Crippen LogP contribution in [0.25, 0.3) is 0 Å². The molecular formula is C6H14BrNO3S. The number of hydrogen-bond acceptors (Lipinski definition) is 3. The van der Waals surface area contributed by atoms with E-state index in [1.165, 1.54) is 4.31 Å². The zero-order valence-corrected chi connectivity index (χ0v) is 9.85. The van der Waals surface area contributed by atoms with Crippen molar-refractivity contribution in [3.63, 3.8) is 0 Å². The summed E-state index contributed by atoms with van der Waals surface area (Å²) >= 11 is 2.92.